The lowest BCUT2D eigenvalue weighted by Crippen LogP contribution is -2.30. The van der Waals surface area contributed by atoms with Crippen LogP contribution in [0.1, 0.15) is 290 Å². The van der Waals surface area contributed by atoms with E-state index in [1.165, 1.54) is 186 Å². The molecule has 59 heavy (non-hydrogen) atoms. The number of unbranched alkanes of at least 4 members (excludes halogenated alkanes) is 35. The summed E-state index contributed by atoms with van der Waals surface area (Å²) in [5, 5.41) is 0. The summed E-state index contributed by atoms with van der Waals surface area (Å²) >= 11 is 0. The van der Waals surface area contributed by atoms with Gasteiger partial charge in [-0.1, -0.05) is 238 Å². The maximum Gasteiger partial charge on any atom is 0.306 e. The molecule has 0 heterocycles. The van der Waals surface area contributed by atoms with Crippen molar-refractivity contribution in [2.24, 2.45) is 0 Å². The van der Waals surface area contributed by atoms with Gasteiger partial charge in [-0.05, 0) is 44.9 Å². The van der Waals surface area contributed by atoms with E-state index in [0.29, 0.717) is 19.3 Å². The first-order valence-electron chi connectivity index (χ1n) is 26.2. The molecule has 0 saturated carbocycles. The normalized spacial score (nSPS) is 12.0. The third kappa shape index (κ3) is 47.1. The van der Waals surface area contributed by atoms with Gasteiger partial charge < -0.3 is 14.2 Å². The molecule has 0 aromatic heterocycles. The van der Waals surface area contributed by atoms with Crippen LogP contribution < -0.4 is 0 Å². The largest absolute Gasteiger partial charge is 0.462 e. The third-order valence-corrected chi connectivity index (χ3v) is 11.8. The molecule has 0 aliphatic heterocycles. The first-order chi connectivity index (χ1) is 29.0. The summed E-state index contributed by atoms with van der Waals surface area (Å²) in [6, 6.07) is 0. The molecule has 0 aliphatic carbocycles. The summed E-state index contributed by atoms with van der Waals surface area (Å²) in [6.07, 6.45) is 53.3. The number of esters is 3. The van der Waals surface area contributed by atoms with Crippen LogP contribution in [0.3, 0.4) is 0 Å². The Hall–Kier alpha value is -1.85. The molecular weight excluding hydrogens is 733 g/mol. The molecule has 0 rings (SSSR count). The number of hydrogen-bond donors (Lipinski definition) is 0. The van der Waals surface area contributed by atoms with Gasteiger partial charge in [0, 0.05) is 19.3 Å². The molecule has 0 spiro atoms. The second kappa shape index (κ2) is 48.8. The lowest BCUT2D eigenvalue weighted by molar-refractivity contribution is -0.167. The average molecular weight is 833 g/mol. The van der Waals surface area contributed by atoms with Crippen molar-refractivity contribution < 1.29 is 28.6 Å². The van der Waals surface area contributed by atoms with E-state index in [2.05, 4.69) is 32.9 Å². The Balaban J connectivity index is 4.33. The summed E-state index contributed by atoms with van der Waals surface area (Å²) in [6.45, 7) is 6.65. The van der Waals surface area contributed by atoms with Gasteiger partial charge in [0.1, 0.15) is 13.2 Å². The van der Waals surface area contributed by atoms with Crippen molar-refractivity contribution >= 4 is 17.9 Å². The van der Waals surface area contributed by atoms with E-state index in [0.717, 1.165) is 64.2 Å². The fraction of sp³-hybridized carbons (Fsp3) is 0.906. The van der Waals surface area contributed by atoms with Crippen molar-refractivity contribution in [3.05, 3.63) is 12.2 Å². The van der Waals surface area contributed by atoms with Crippen molar-refractivity contribution in [1.82, 2.24) is 0 Å². The van der Waals surface area contributed by atoms with Gasteiger partial charge in [-0.3, -0.25) is 14.4 Å². The number of carbonyl (C=O) groups is 3. The summed E-state index contributed by atoms with van der Waals surface area (Å²) in [4.78, 5) is 37.9. The van der Waals surface area contributed by atoms with Gasteiger partial charge in [0.05, 0.1) is 0 Å². The Labute approximate surface area is 367 Å². The van der Waals surface area contributed by atoms with Crippen LogP contribution >= 0.6 is 0 Å². The van der Waals surface area contributed by atoms with E-state index in [9.17, 15) is 14.4 Å². The number of carbonyl (C=O) groups excluding carboxylic acids is 3. The minimum Gasteiger partial charge on any atom is -0.462 e. The lowest BCUT2D eigenvalue weighted by Gasteiger charge is -2.18. The molecule has 0 fully saturated rings. The summed E-state index contributed by atoms with van der Waals surface area (Å²) in [5.74, 6) is -0.859. The maximum absolute atomic E-state index is 12.8. The van der Waals surface area contributed by atoms with Crippen LogP contribution in [0.15, 0.2) is 12.2 Å². The molecule has 0 radical (unpaired) electrons. The fourth-order valence-corrected chi connectivity index (χ4v) is 7.79. The van der Waals surface area contributed by atoms with E-state index in [1.807, 2.05) is 0 Å². The zero-order valence-corrected chi connectivity index (χ0v) is 39.8. The molecular formula is C53H100O6. The average Bonchev–Trinajstić information content (AvgIpc) is 3.23. The zero-order valence-electron chi connectivity index (χ0n) is 39.8. The molecule has 6 heteroatoms. The molecule has 0 aliphatic rings. The van der Waals surface area contributed by atoms with Gasteiger partial charge in [-0.2, -0.15) is 0 Å². The number of hydrogen-bond acceptors (Lipinski definition) is 6. The van der Waals surface area contributed by atoms with E-state index < -0.39 is 6.10 Å². The molecule has 0 aromatic carbocycles. The van der Waals surface area contributed by atoms with E-state index in [4.69, 9.17) is 14.2 Å². The Kier molecular flexibility index (Phi) is 47.3. The van der Waals surface area contributed by atoms with E-state index in [-0.39, 0.29) is 31.1 Å². The first kappa shape index (κ1) is 57.1. The molecule has 0 bridgehead atoms. The van der Waals surface area contributed by atoms with Crippen LogP contribution in [0.2, 0.25) is 0 Å². The quantitative estimate of drug-likeness (QED) is 0.0263. The second-order valence-electron chi connectivity index (χ2n) is 17.8. The molecule has 0 saturated heterocycles. The Morgan fingerprint density at radius 2 is 0.559 bits per heavy atom. The minimum absolute atomic E-state index is 0.0680. The Bertz CT molecular complexity index is 916. The number of allylic oxidation sites excluding steroid dienone is 2. The van der Waals surface area contributed by atoms with Crippen LogP contribution in [0.4, 0.5) is 0 Å². The molecule has 0 N–H and O–H groups in total. The first-order valence-corrected chi connectivity index (χ1v) is 26.2. The summed E-state index contributed by atoms with van der Waals surface area (Å²) in [5.41, 5.74) is 0. The van der Waals surface area contributed by atoms with Gasteiger partial charge in [0.15, 0.2) is 6.10 Å². The molecule has 348 valence electrons. The van der Waals surface area contributed by atoms with Crippen molar-refractivity contribution in [3.63, 3.8) is 0 Å². The van der Waals surface area contributed by atoms with Crippen LogP contribution in [0, 0.1) is 0 Å². The fourth-order valence-electron chi connectivity index (χ4n) is 7.79. The standard InChI is InChI=1S/C53H100O6/c1-4-7-10-13-16-19-22-25-27-29-31-34-37-40-43-46-52(55)58-49-50(48-57-51(54)45-42-39-36-33-30-24-21-18-15-12-9-6-3)59-53(56)47-44-41-38-35-32-28-26-23-20-17-14-11-8-5-2/h23,26,50H,4-22,24-25,27-49H2,1-3H3/b26-23-/t50-/m1/s1. The summed E-state index contributed by atoms with van der Waals surface area (Å²) in [7, 11) is 0. The smallest absolute Gasteiger partial charge is 0.306 e. The second-order valence-corrected chi connectivity index (χ2v) is 17.8. The molecule has 0 aromatic rings. The van der Waals surface area contributed by atoms with Gasteiger partial charge in [-0.15, -0.1) is 0 Å². The predicted octanol–water partition coefficient (Wildman–Crippen LogP) is 17.0. The maximum atomic E-state index is 12.8. The highest BCUT2D eigenvalue weighted by Crippen LogP contribution is 2.16. The highest BCUT2D eigenvalue weighted by atomic mass is 16.6. The Morgan fingerprint density at radius 1 is 0.322 bits per heavy atom. The van der Waals surface area contributed by atoms with E-state index in [1.54, 1.807) is 0 Å². The zero-order chi connectivity index (χ0) is 43.0. The van der Waals surface area contributed by atoms with Gasteiger partial charge in [-0.25, -0.2) is 0 Å². The SMILES string of the molecule is CCCCCCC/C=C\CCCCCCCC(=O)O[C@H](COC(=O)CCCCCCCCCCCCCC)COC(=O)CCCCCCCCCCCCCCCCC. The molecule has 6 nitrogen and oxygen atoms in total. The topological polar surface area (TPSA) is 78.9 Å². The molecule has 0 unspecified atom stereocenters. The number of ether oxygens (including phenoxy) is 3. The van der Waals surface area contributed by atoms with Crippen LogP contribution in [0.5, 0.6) is 0 Å². The van der Waals surface area contributed by atoms with Crippen molar-refractivity contribution in [3.8, 4) is 0 Å². The van der Waals surface area contributed by atoms with Crippen molar-refractivity contribution in [2.45, 2.75) is 297 Å². The van der Waals surface area contributed by atoms with E-state index >= 15 is 0 Å². The minimum atomic E-state index is -0.767. The van der Waals surface area contributed by atoms with Crippen molar-refractivity contribution in [2.75, 3.05) is 13.2 Å². The molecule has 1 atom stereocenters. The predicted molar refractivity (Wildman–Crippen MR) is 252 cm³/mol. The number of rotatable bonds is 48. The summed E-state index contributed by atoms with van der Waals surface area (Å²) < 4.78 is 16.8. The highest BCUT2D eigenvalue weighted by Gasteiger charge is 2.19. The monoisotopic (exact) mass is 833 g/mol. The third-order valence-electron chi connectivity index (χ3n) is 11.8. The van der Waals surface area contributed by atoms with Crippen LogP contribution in [0.25, 0.3) is 0 Å². The highest BCUT2D eigenvalue weighted by molar-refractivity contribution is 5.71. The van der Waals surface area contributed by atoms with Gasteiger partial charge in [0.25, 0.3) is 0 Å². The molecule has 0 amide bonds. The van der Waals surface area contributed by atoms with Gasteiger partial charge in [0.2, 0.25) is 0 Å². The van der Waals surface area contributed by atoms with Crippen LogP contribution in [-0.2, 0) is 28.6 Å². The Morgan fingerprint density at radius 3 is 0.847 bits per heavy atom. The lowest BCUT2D eigenvalue weighted by atomic mass is 10.0. The van der Waals surface area contributed by atoms with Crippen LogP contribution in [-0.4, -0.2) is 37.2 Å². The van der Waals surface area contributed by atoms with Gasteiger partial charge >= 0.3 is 17.9 Å². The van der Waals surface area contributed by atoms with Crippen molar-refractivity contribution in [1.29, 1.82) is 0 Å².